The van der Waals surface area contributed by atoms with Crippen molar-refractivity contribution < 1.29 is 13.5 Å². The Bertz CT molecular complexity index is 657. The highest BCUT2D eigenvalue weighted by atomic mass is 32.1. The van der Waals surface area contributed by atoms with Crippen LogP contribution < -0.4 is 4.90 Å². The molecule has 7 heteroatoms. The maximum Gasteiger partial charge on any atom is 0.205 e. The summed E-state index contributed by atoms with van der Waals surface area (Å²) >= 11 is 1.40. The molecule has 2 heterocycles. The van der Waals surface area contributed by atoms with Gasteiger partial charge in [0.05, 0.1) is 0 Å². The molecular formula is C16H19F2N3OS. The fraction of sp³-hybridized carbons (Fsp3) is 0.500. The molecule has 1 fully saturated rings. The Balaban J connectivity index is 1.54. The van der Waals surface area contributed by atoms with E-state index in [1.807, 2.05) is 0 Å². The van der Waals surface area contributed by atoms with Gasteiger partial charge in [-0.3, -0.25) is 0 Å². The molecule has 1 saturated heterocycles. The Kier molecular flexibility index (Phi) is 5.17. The molecule has 0 atom stereocenters. The lowest BCUT2D eigenvalue weighted by Crippen LogP contribution is -2.34. The van der Waals surface area contributed by atoms with Gasteiger partial charge in [0.25, 0.3) is 0 Å². The van der Waals surface area contributed by atoms with Gasteiger partial charge in [0.2, 0.25) is 5.13 Å². The van der Waals surface area contributed by atoms with Gasteiger partial charge in [-0.05, 0) is 42.9 Å². The second kappa shape index (κ2) is 7.31. The number of halogens is 2. The van der Waals surface area contributed by atoms with Gasteiger partial charge < -0.3 is 9.64 Å². The predicted molar refractivity (Wildman–Crippen MR) is 85.6 cm³/mol. The SMILES string of the molecule is COCc1nsc(N2CCC(Cc3ccc(F)c(F)c3)CC2)n1. The van der Waals surface area contributed by atoms with E-state index in [-0.39, 0.29) is 0 Å². The standard InChI is InChI=1S/C16H19F2N3OS/c1-22-10-15-19-16(23-20-15)21-6-4-11(5-7-21)8-12-2-3-13(17)14(18)9-12/h2-3,9,11H,4-8,10H2,1H3. The molecule has 1 aliphatic heterocycles. The number of piperidine rings is 1. The number of ether oxygens (including phenoxy) is 1. The fourth-order valence-electron chi connectivity index (χ4n) is 2.89. The first-order valence-corrected chi connectivity index (χ1v) is 8.43. The number of hydrogen-bond donors (Lipinski definition) is 0. The average molecular weight is 339 g/mol. The van der Waals surface area contributed by atoms with Crippen LogP contribution in [0.25, 0.3) is 0 Å². The number of anilines is 1. The number of aromatic nitrogens is 2. The summed E-state index contributed by atoms with van der Waals surface area (Å²) in [7, 11) is 1.63. The van der Waals surface area contributed by atoms with Gasteiger partial charge in [-0.1, -0.05) is 6.07 Å². The van der Waals surface area contributed by atoms with Crippen LogP contribution in [0, 0.1) is 17.6 Å². The van der Waals surface area contributed by atoms with Gasteiger partial charge >= 0.3 is 0 Å². The van der Waals surface area contributed by atoms with Crippen LogP contribution in [0.3, 0.4) is 0 Å². The summed E-state index contributed by atoms with van der Waals surface area (Å²) in [6.45, 7) is 2.26. The van der Waals surface area contributed by atoms with E-state index in [9.17, 15) is 8.78 Å². The summed E-state index contributed by atoms with van der Waals surface area (Å²) in [6, 6.07) is 4.19. The molecule has 1 aromatic carbocycles. The first kappa shape index (κ1) is 16.3. The van der Waals surface area contributed by atoms with E-state index in [2.05, 4.69) is 14.3 Å². The van der Waals surface area contributed by atoms with Gasteiger partial charge in [-0.25, -0.2) is 13.8 Å². The maximum absolute atomic E-state index is 13.3. The van der Waals surface area contributed by atoms with Crippen LogP contribution in [0.1, 0.15) is 24.2 Å². The molecule has 0 bridgehead atoms. The normalized spacial score (nSPS) is 16.0. The minimum absolute atomic E-state index is 0.434. The first-order chi connectivity index (χ1) is 11.2. The van der Waals surface area contributed by atoms with E-state index >= 15 is 0 Å². The third kappa shape index (κ3) is 4.03. The number of benzene rings is 1. The van der Waals surface area contributed by atoms with Crippen LogP contribution in [-0.4, -0.2) is 29.6 Å². The van der Waals surface area contributed by atoms with Crippen LogP contribution in [-0.2, 0) is 17.8 Å². The maximum atomic E-state index is 13.3. The molecule has 2 aromatic rings. The third-order valence-electron chi connectivity index (χ3n) is 4.12. The summed E-state index contributed by atoms with van der Waals surface area (Å²) in [5.74, 6) is -0.343. The van der Waals surface area contributed by atoms with Crippen molar-refractivity contribution in [3.05, 3.63) is 41.2 Å². The number of nitrogens with zero attached hydrogens (tertiary/aromatic N) is 3. The molecule has 0 spiro atoms. The summed E-state index contributed by atoms with van der Waals surface area (Å²) in [5.41, 5.74) is 0.862. The lowest BCUT2D eigenvalue weighted by Gasteiger charge is -2.31. The zero-order valence-electron chi connectivity index (χ0n) is 13.0. The molecule has 4 nitrogen and oxygen atoms in total. The zero-order valence-corrected chi connectivity index (χ0v) is 13.8. The smallest absolute Gasteiger partial charge is 0.205 e. The van der Waals surface area contributed by atoms with Crippen LogP contribution in [0.5, 0.6) is 0 Å². The molecule has 0 aliphatic carbocycles. The highest BCUT2D eigenvalue weighted by Gasteiger charge is 2.22. The number of hydrogen-bond acceptors (Lipinski definition) is 5. The van der Waals surface area contributed by atoms with Gasteiger partial charge in [0, 0.05) is 31.7 Å². The van der Waals surface area contributed by atoms with E-state index in [0.29, 0.717) is 12.5 Å². The molecule has 0 saturated carbocycles. The topological polar surface area (TPSA) is 38.2 Å². The van der Waals surface area contributed by atoms with Gasteiger partial charge in [-0.15, -0.1) is 0 Å². The van der Waals surface area contributed by atoms with Gasteiger partial charge in [0.15, 0.2) is 17.5 Å². The molecule has 0 N–H and O–H groups in total. The molecule has 124 valence electrons. The summed E-state index contributed by atoms with van der Waals surface area (Å²) in [6.07, 6.45) is 2.81. The Morgan fingerprint density at radius 3 is 2.74 bits per heavy atom. The summed E-state index contributed by atoms with van der Waals surface area (Å²) in [4.78, 5) is 6.71. The molecule has 0 radical (unpaired) electrons. The van der Waals surface area contributed by atoms with E-state index in [0.717, 1.165) is 48.9 Å². The van der Waals surface area contributed by atoms with E-state index in [4.69, 9.17) is 4.74 Å². The number of rotatable bonds is 5. The Hall–Kier alpha value is -1.60. The zero-order chi connectivity index (χ0) is 16.2. The van der Waals surface area contributed by atoms with Crippen molar-refractivity contribution in [3.63, 3.8) is 0 Å². The average Bonchev–Trinajstić information content (AvgIpc) is 3.01. The third-order valence-corrected chi connectivity index (χ3v) is 4.94. The fourth-order valence-corrected chi connectivity index (χ4v) is 3.61. The second-order valence-electron chi connectivity index (χ2n) is 5.81. The molecule has 23 heavy (non-hydrogen) atoms. The van der Waals surface area contributed by atoms with Crippen molar-refractivity contribution in [1.82, 2.24) is 9.36 Å². The van der Waals surface area contributed by atoms with Crippen molar-refractivity contribution in [2.24, 2.45) is 5.92 Å². The number of methoxy groups -OCH3 is 1. The minimum atomic E-state index is -0.785. The molecule has 1 aromatic heterocycles. The minimum Gasteiger partial charge on any atom is -0.377 e. The lowest BCUT2D eigenvalue weighted by atomic mass is 9.90. The highest BCUT2D eigenvalue weighted by Crippen LogP contribution is 2.27. The monoisotopic (exact) mass is 339 g/mol. The molecule has 3 rings (SSSR count). The van der Waals surface area contributed by atoms with Crippen LogP contribution >= 0.6 is 11.5 Å². The Morgan fingerprint density at radius 2 is 2.04 bits per heavy atom. The van der Waals surface area contributed by atoms with Crippen LogP contribution in [0.15, 0.2) is 18.2 Å². The van der Waals surface area contributed by atoms with E-state index < -0.39 is 11.6 Å². The summed E-state index contributed by atoms with van der Waals surface area (Å²) < 4.78 is 35.6. The first-order valence-electron chi connectivity index (χ1n) is 7.66. The van der Waals surface area contributed by atoms with Crippen molar-refractivity contribution >= 4 is 16.7 Å². The van der Waals surface area contributed by atoms with Crippen molar-refractivity contribution in [1.29, 1.82) is 0 Å². The van der Waals surface area contributed by atoms with Crippen molar-refractivity contribution in [2.75, 3.05) is 25.1 Å². The molecular weight excluding hydrogens is 320 g/mol. The van der Waals surface area contributed by atoms with Crippen molar-refractivity contribution in [2.45, 2.75) is 25.9 Å². The van der Waals surface area contributed by atoms with Crippen LogP contribution in [0.4, 0.5) is 13.9 Å². The summed E-state index contributed by atoms with van der Waals surface area (Å²) in [5, 5.41) is 0.934. The van der Waals surface area contributed by atoms with Crippen molar-refractivity contribution in [3.8, 4) is 0 Å². The Labute approximate surface area is 138 Å². The second-order valence-corrected chi connectivity index (χ2v) is 6.54. The largest absolute Gasteiger partial charge is 0.377 e. The Morgan fingerprint density at radius 1 is 1.26 bits per heavy atom. The van der Waals surface area contributed by atoms with E-state index in [1.54, 1.807) is 13.2 Å². The lowest BCUT2D eigenvalue weighted by molar-refractivity contribution is 0.179. The predicted octanol–water partition coefficient (Wildman–Crippen LogP) is 3.42. The molecule has 1 aliphatic rings. The molecule has 0 amide bonds. The van der Waals surface area contributed by atoms with Gasteiger partial charge in [-0.2, -0.15) is 4.37 Å². The molecule has 0 unspecified atom stereocenters. The quantitative estimate of drug-likeness (QED) is 0.837. The van der Waals surface area contributed by atoms with Gasteiger partial charge in [0.1, 0.15) is 6.61 Å². The van der Waals surface area contributed by atoms with Crippen LogP contribution in [0.2, 0.25) is 0 Å². The highest BCUT2D eigenvalue weighted by molar-refractivity contribution is 7.09. The van der Waals surface area contributed by atoms with E-state index in [1.165, 1.54) is 23.7 Å².